The lowest BCUT2D eigenvalue weighted by molar-refractivity contribution is -0.134. The highest BCUT2D eigenvalue weighted by Gasteiger charge is 2.29. The molecule has 0 aromatic carbocycles. The molecule has 1 saturated carbocycles. The summed E-state index contributed by atoms with van der Waals surface area (Å²) < 4.78 is 32.6. The predicted molar refractivity (Wildman–Crippen MR) is 109 cm³/mol. The van der Waals surface area contributed by atoms with E-state index in [9.17, 15) is 13.2 Å². The van der Waals surface area contributed by atoms with E-state index < -0.39 is 10.0 Å². The van der Waals surface area contributed by atoms with Crippen LogP contribution in [-0.4, -0.2) is 73.2 Å². The topological polar surface area (TPSA) is 79.8 Å². The van der Waals surface area contributed by atoms with E-state index in [0.717, 1.165) is 25.7 Å². The van der Waals surface area contributed by atoms with Crippen molar-refractivity contribution in [3.8, 4) is 0 Å². The summed E-state index contributed by atoms with van der Waals surface area (Å²) in [5, 5.41) is 0.367. The zero-order valence-corrected chi connectivity index (χ0v) is 18.2. The Morgan fingerprint density at radius 3 is 2.54 bits per heavy atom. The number of thioether (sulfide) groups is 1. The van der Waals surface area contributed by atoms with E-state index in [1.54, 1.807) is 24.1 Å². The van der Waals surface area contributed by atoms with E-state index in [1.165, 1.54) is 28.7 Å². The molecule has 1 aliphatic carbocycles. The number of aromatic nitrogens is 1. The van der Waals surface area contributed by atoms with Crippen molar-refractivity contribution in [3.05, 3.63) is 18.3 Å². The number of ether oxygens (including phenoxy) is 1. The van der Waals surface area contributed by atoms with Gasteiger partial charge in [-0.3, -0.25) is 4.79 Å². The van der Waals surface area contributed by atoms with E-state index in [1.807, 2.05) is 6.92 Å². The molecule has 1 saturated heterocycles. The second-order valence-electron chi connectivity index (χ2n) is 7.34. The van der Waals surface area contributed by atoms with Gasteiger partial charge in [0.1, 0.15) is 4.90 Å². The molecule has 1 aliphatic heterocycles. The Morgan fingerprint density at radius 1 is 1.25 bits per heavy atom. The number of morpholine rings is 1. The fraction of sp³-hybridized carbons (Fsp3) is 0.684. The summed E-state index contributed by atoms with van der Waals surface area (Å²) in [7, 11) is -1.88. The standard InChI is InChI=1S/C19H29N3O4S2/c1-15(19(23)22-10-12-26-13-11-22)27-18-9-8-17(14-20-18)28(24,25)21(2)16-6-4-3-5-7-16/h8-9,14-16H,3-7,10-13H2,1-2H3/t15-/m0/s1. The Balaban J connectivity index is 1.62. The molecule has 0 unspecified atom stereocenters. The van der Waals surface area contributed by atoms with Crippen molar-refractivity contribution in [2.75, 3.05) is 33.4 Å². The van der Waals surface area contributed by atoms with Crippen molar-refractivity contribution in [1.29, 1.82) is 0 Å². The predicted octanol–water partition coefficient (Wildman–Crippen LogP) is 2.37. The van der Waals surface area contributed by atoms with Crippen LogP contribution in [0.1, 0.15) is 39.0 Å². The van der Waals surface area contributed by atoms with Crippen LogP contribution in [0.4, 0.5) is 0 Å². The minimum absolute atomic E-state index is 0.0591. The SMILES string of the molecule is C[C@H](Sc1ccc(S(=O)(=O)N(C)C2CCCCC2)cn1)C(=O)N1CCOCC1. The van der Waals surface area contributed by atoms with E-state index in [-0.39, 0.29) is 22.1 Å². The number of rotatable bonds is 6. The average molecular weight is 428 g/mol. The molecular weight excluding hydrogens is 398 g/mol. The first-order valence-corrected chi connectivity index (χ1v) is 12.2. The van der Waals surface area contributed by atoms with Gasteiger partial charge in [-0.05, 0) is 31.9 Å². The monoisotopic (exact) mass is 427 g/mol. The summed E-state index contributed by atoms with van der Waals surface area (Å²) >= 11 is 1.35. The van der Waals surface area contributed by atoms with Gasteiger partial charge < -0.3 is 9.64 Å². The number of nitrogens with zero attached hydrogens (tertiary/aromatic N) is 3. The van der Waals surface area contributed by atoms with Crippen LogP contribution in [0.2, 0.25) is 0 Å². The minimum atomic E-state index is -3.54. The normalized spacial score (nSPS) is 20.3. The van der Waals surface area contributed by atoms with E-state index in [0.29, 0.717) is 31.3 Å². The molecule has 156 valence electrons. The van der Waals surface area contributed by atoms with Crippen molar-refractivity contribution in [2.45, 2.75) is 60.2 Å². The molecule has 1 atom stereocenters. The van der Waals surface area contributed by atoms with Gasteiger partial charge in [0, 0.05) is 32.4 Å². The second-order valence-corrected chi connectivity index (χ2v) is 10.7. The lowest BCUT2D eigenvalue weighted by atomic mass is 9.96. The molecule has 2 fully saturated rings. The summed E-state index contributed by atoms with van der Waals surface area (Å²) in [4.78, 5) is 18.8. The molecule has 7 nitrogen and oxygen atoms in total. The third-order valence-electron chi connectivity index (χ3n) is 5.44. The molecule has 2 heterocycles. The van der Waals surface area contributed by atoms with E-state index >= 15 is 0 Å². The summed E-state index contributed by atoms with van der Waals surface area (Å²) in [6, 6.07) is 3.35. The summed E-state index contributed by atoms with van der Waals surface area (Å²) in [5.74, 6) is 0.0591. The molecule has 28 heavy (non-hydrogen) atoms. The molecule has 0 bridgehead atoms. The van der Waals surface area contributed by atoms with Crippen LogP contribution in [-0.2, 0) is 19.6 Å². The number of hydrogen-bond donors (Lipinski definition) is 0. The molecule has 0 radical (unpaired) electrons. The van der Waals surface area contributed by atoms with Crippen LogP contribution >= 0.6 is 11.8 Å². The van der Waals surface area contributed by atoms with Gasteiger partial charge in [-0.1, -0.05) is 31.0 Å². The third-order valence-corrected chi connectivity index (χ3v) is 8.37. The fourth-order valence-corrected chi connectivity index (χ4v) is 5.90. The van der Waals surface area contributed by atoms with Gasteiger partial charge in [-0.25, -0.2) is 13.4 Å². The summed E-state index contributed by atoms with van der Waals surface area (Å²) in [5.41, 5.74) is 0. The number of amides is 1. The Kier molecular flexibility index (Phi) is 7.36. The molecule has 9 heteroatoms. The maximum Gasteiger partial charge on any atom is 0.244 e. The highest BCUT2D eigenvalue weighted by Crippen LogP contribution is 2.28. The van der Waals surface area contributed by atoms with E-state index in [2.05, 4.69) is 4.98 Å². The van der Waals surface area contributed by atoms with Crippen molar-refractivity contribution >= 4 is 27.7 Å². The largest absolute Gasteiger partial charge is 0.378 e. The number of carbonyl (C=O) groups is 1. The Hall–Kier alpha value is -1.16. The van der Waals surface area contributed by atoms with Crippen LogP contribution in [0.3, 0.4) is 0 Å². The number of sulfonamides is 1. The van der Waals surface area contributed by atoms with Crippen LogP contribution < -0.4 is 0 Å². The molecule has 0 spiro atoms. The zero-order chi connectivity index (χ0) is 20.1. The summed E-state index contributed by atoms with van der Waals surface area (Å²) in [6.07, 6.45) is 6.57. The molecular formula is C19H29N3O4S2. The molecule has 1 aromatic heterocycles. The Labute approximate surface area is 171 Å². The number of carbonyl (C=O) groups excluding carboxylic acids is 1. The van der Waals surface area contributed by atoms with Crippen molar-refractivity contribution in [2.24, 2.45) is 0 Å². The molecule has 2 aliphatic rings. The van der Waals surface area contributed by atoms with Crippen molar-refractivity contribution in [3.63, 3.8) is 0 Å². The average Bonchev–Trinajstić information content (AvgIpc) is 2.74. The van der Waals surface area contributed by atoms with Crippen LogP contribution in [0.5, 0.6) is 0 Å². The summed E-state index contributed by atoms with van der Waals surface area (Å²) in [6.45, 7) is 4.22. The molecule has 1 amide bonds. The Morgan fingerprint density at radius 2 is 1.93 bits per heavy atom. The molecule has 0 N–H and O–H groups in total. The minimum Gasteiger partial charge on any atom is -0.378 e. The van der Waals surface area contributed by atoms with Gasteiger partial charge >= 0.3 is 0 Å². The first-order valence-electron chi connectivity index (χ1n) is 9.87. The maximum absolute atomic E-state index is 12.9. The fourth-order valence-electron chi connectivity index (χ4n) is 3.67. The van der Waals surface area contributed by atoms with Crippen LogP contribution in [0, 0.1) is 0 Å². The lowest BCUT2D eigenvalue weighted by Gasteiger charge is -2.30. The second kappa shape index (κ2) is 9.56. The molecule has 1 aromatic rings. The zero-order valence-electron chi connectivity index (χ0n) is 16.5. The maximum atomic E-state index is 12.9. The van der Waals surface area contributed by atoms with Gasteiger partial charge in [-0.15, -0.1) is 0 Å². The van der Waals surface area contributed by atoms with Gasteiger partial charge in [0.2, 0.25) is 15.9 Å². The third kappa shape index (κ3) is 5.06. The van der Waals surface area contributed by atoms with Crippen LogP contribution in [0.15, 0.2) is 28.3 Å². The first kappa shape index (κ1) is 21.5. The van der Waals surface area contributed by atoms with Crippen molar-refractivity contribution in [1.82, 2.24) is 14.2 Å². The van der Waals surface area contributed by atoms with Gasteiger partial charge in [0.25, 0.3) is 0 Å². The molecule has 3 rings (SSSR count). The van der Waals surface area contributed by atoms with Crippen LogP contribution in [0.25, 0.3) is 0 Å². The number of hydrogen-bond acceptors (Lipinski definition) is 6. The Bertz CT molecular complexity index is 758. The van der Waals surface area contributed by atoms with Gasteiger partial charge in [0.15, 0.2) is 0 Å². The first-order chi connectivity index (χ1) is 13.4. The number of pyridine rings is 1. The van der Waals surface area contributed by atoms with Gasteiger partial charge in [0.05, 0.1) is 23.5 Å². The smallest absolute Gasteiger partial charge is 0.244 e. The highest BCUT2D eigenvalue weighted by atomic mass is 32.2. The van der Waals surface area contributed by atoms with E-state index in [4.69, 9.17) is 4.74 Å². The highest BCUT2D eigenvalue weighted by molar-refractivity contribution is 8.00. The quantitative estimate of drug-likeness (QED) is 0.649. The van der Waals surface area contributed by atoms with Gasteiger partial charge in [-0.2, -0.15) is 4.31 Å². The lowest BCUT2D eigenvalue weighted by Crippen LogP contribution is -2.44. The van der Waals surface area contributed by atoms with Crippen molar-refractivity contribution < 1.29 is 17.9 Å².